The van der Waals surface area contributed by atoms with E-state index in [-0.39, 0.29) is 17.9 Å². The Kier molecular flexibility index (Phi) is 7.48. The molecule has 0 heterocycles. The lowest BCUT2D eigenvalue weighted by Gasteiger charge is -2.05. The van der Waals surface area contributed by atoms with Crippen LogP contribution >= 0.6 is 0 Å². The van der Waals surface area contributed by atoms with Crippen LogP contribution in [-0.2, 0) is 34.6 Å². The quantitative estimate of drug-likeness (QED) is 0.508. The fraction of sp³-hybridized carbons (Fsp3) is 1.00. The van der Waals surface area contributed by atoms with Crippen LogP contribution in [0.5, 0.6) is 0 Å². The van der Waals surface area contributed by atoms with Gasteiger partial charge in [-0.3, -0.25) is 0 Å². The van der Waals surface area contributed by atoms with E-state index in [4.69, 9.17) is 0 Å². The maximum atomic E-state index is 11.5. The van der Waals surface area contributed by atoms with E-state index in [1.165, 1.54) is 6.92 Å². The van der Waals surface area contributed by atoms with Gasteiger partial charge >= 0.3 is 0 Å². The molecule has 115 valence electrons. The lowest BCUT2D eigenvalue weighted by molar-refractivity contribution is 0.194. The van der Waals surface area contributed by atoms with Gasteiger partial charge in [0.1, 0.15) is 0 Å². The van der Waals surface area contributed by atoms with Crippen molar-refractivity contribution in [2.75, 3.05) is 41.1 Å². The average molecular weight is 335 g/mol. The maximum absolute atomic E-state index is 11.5. The van der Waals surface area contributed by atoms with Gasteiger partial charge in [-0.05, 0) is 6.42 Å². The predicted molar refractivity (Wildman–Crippen MR) is 71.8 cm³/mol. The minimum Gasteiger partial charge on any atom is -0.237 e. The second kappa shape index (κ2) is 7.55. The van der Waals surface area contributed by atoms with Crippen LogP contribution in [0.1, 0.15) is 13.3 Å². The number of hydrogen-bond acceptors (Lipinski definition) is 6. The van der Waals surface area contributed by atoms with E-state index in [9.17, 15) is 30.4 Å². The summed E-state index contributed by atoms with van der Waals surface area (Å²) < 4.78 is 68.1. The molecule has 0 aliphatic heterocycles. The Balaban J connectivity index is 4.40. The molecule has 0 atom stereocenters. The third-order valence-corrected chi connectivity index (χ3v) is 8.06. The van der Waals surface area contributed by atoms with Gasteiger partial charge in [-0.1, -0.05) is 6.92 Å². The van der Waals surface area contributed by atoms with Gasteiger partial charge in [0.15, 0.2) is 29.5 Å². The standard InChI is InChI=1S/C9H19O7S3/c1-2-17(11,12)6-7-19(15,16)9-8-18(13,14)5-3-4-10/h2-9H2,1H3. The van der Waals surface area contributed by atoms with Crippen LogP contribution in [0.4, 0.5) is 0 Å². The molecule has 0 spiro atoms. The molecule has 0 aromatic heterocycles. The molecular weight excluding hydrogens is 316 g/mol. The molecule has 0 N–H and O–H groups in total. The van der Waals surface area contributed by atoms with Gasteiger partial charge in [-0.25, -0.2) is 30.4 Å². The van der Waals surface area contributed by atoms with E-state index >= 15 is 0 Å². The van der Waals surface area contributed by atoms with E-state index < -0.39 is 59.1 Å². The Hall–Kier alpha value is -0.190. The highest BCUT2D eigenvalue weighted by Gasteiger charge is 2.20. The summed E-state index contributed by atoms with van der Waals surface area (Å²) in [6.07, 6.45) is -0.0490. The zero-order valence-electron chi connectivity index (χ0n) is 10.7. The summed E-state index contributed by atoms with van der Waals surface area (Å²) in [5, 5.41) is 10.2. The van der Waals surface area contributed by atoms with Crippen LogP contribution in [-0.4, -0.2) is 66.4 Å². The molecule has 0 unspecified atom stereocenters. The van der Waals surface area contributed by atoms with Gasteiger partial charge in [0.25, 0.3) is 0 Å². The molecule has 0 saturated carbocycles. The normalized spacial score (nSPS) is 13.6. The third-order valence-electron chi connectivity index (χ3n) is 2.45. The van der Waals surface area contributed by atoms with Crippen LogP contribution in [0.15, 0.2) is 0 Å². The average Bonchev–Trinajstić information content (AvgIpc) is 2.33. The monoisotopic (exact) mass is 335 g/mol. The molecule has 0 bridgehead atoms. The van der Waals surface area contributed by atoms with Gasteiger partial charge in [0.05, 0.1) is 35.4 Å². The SMILES string of the molecule is CCS(=O)(=O)CCS(=O)(=O)CCS(=O)(=O)CCC[O]. The molecule has 0 saturated heterocycles. The Morgan fingerprint density at radius 3 is 1.37 bits per heavy atom. The maximum Gasteiger partial charge on any atom is 0.152 e. The van der Waals surface area contributed by atoms with Gasteiger partial charge in [-0.15, -0.1) is 0 Å². The molecular formula is C9H19O7S3. The number of sulfone groups is 3. The van der Waals surface area contributed by atoms with Gasteiger partial charge in [0, 0.05) is 5.75 Å². The van der Waals surface area contributed by atoms with Gasteiger partial charge in [-0.2, -0.15) is 0 Å². The second-order valence-electron chi connectivity index (χ2n) is 4.10. The highest BCUT2D eigenvalue weighted by atomic mass is 32.2. The van der Waals surface area contributed by atoms with Crippen molar-refractivity contribution in [3.05, 3.63) is 0 Å². The molecule has 10 heteroatoms. The topological polar surface area (TPSA) is 122 Å². The first kappa shape index (κ1) is 18.8. The van der Waals surface area contributed by atoms with E-state index in [1.807, 2.05) is 0 Å². The third kappa shape index (κ3) is 9.36. The van der Waals surface area contributed by atoms with Gasteiger partial charge < -0.3 is 0 Å². The second-order valence-corrected chi connectivity index (χ2v) is 11.2. The smallest absolute Gasteiger partial charge is 0.152 e. The predicted octanol–water partition coefficient (Wildman–Crippen LogP) is -0.929. The van der Waals surface area contributed by atoms with Crippen LogP contribution in [0, 0.1) is 0 Å². The zero-order chi connectivity index (χ0) is 15.2. The van der Waals surface area contributed by atoms with Crippen molar-refractivity contribution in [1.82, 2.24) is 0 Å². The number of hydrogen-bond donors (Lipinski definition) is 0. The molecule has 19 heavy (non-hydrogen) atoms. The van der Waals surface area contributed by atoms with Gasteiger partial charge in [0.2, 0.25) is 0 Å². The first-order valence-electron chi connectivity index (χ1n) is 5.73. The molecule has 0 aromatic rings. The Morgan fingerprint density at radius 1 is 0.632 bits per heavy atom. The molecule has 1 radical (unpaired) electrons. The molecule has 0 fully saturated rings. The molecule has 0 aliphatic carbocycles. The summed E-state index contributed by atoms with van der Waals surface area (Å²) in [6, 6.07) is 0. The van der Waals surface area contributed by atoms with Crippen LogP contribution < -0.4 is 0 Å². The summed E-state index contributed by atoms with van der Waals surface area (Å²) in [5.41, 5.74) is 0. The first-order valence-corrected chi connectivity index (χ1v) is 11.2. The first-order chi connectivity index (χ1) is 8.54. The van der Waals surface area contributed by atoms with Crippen molar-refractivity contribution in [2.45, 2.75) is 13.3 Å². The minimum atomic E-state index is -3.72. The highest BCUT2D eigenvalue weighted by Crippen LogP contribution is 2.00. The summed E-state index contributed by atoms with van der Waals surface area (Å²) >= 11 is 0. The van der Waals surface area contributed by atoms with E-state index in [1.54, 1.807) is 0 Å². The van der Waals surface area contributed by atoms with Crippen molar-refractivity contribution in [1.29, 1.82) is 0 Å². The van der Waals surface area contributed by atoms with Crippen molar-refractivity contribution in [3.8, 4) is 0 Å². The lowest BCUT2D eigenvalue weighted by atomic mass is 10.5. The fourth-order valence-corrected chi connectivity index (χ4v) is 6.45. The molecule has 0 aliphatic rings. The van der Waals surface area contributed by atoms with Crippen molar-refractivity contribution in [2.24, 2.45) is 0 Å². The lowest BCUT2D eigenvalue weighted by Crippen LogP contribution is -2.25. The largest absolute Gasteiger partial charge is 0.237 e. The molecule has 0 aromatic carbocycles. The van der Waals surface area contributed by atoms with Crippen molar-refractivity contribution < 1.29 is 30.4 Å². The summed E-state index contributed by atoms with van der Waals surface area (Å²) in [6.45, 7) is 0.885. The molecule has 0 rings (SSSR count). The molecule has 0 amide bonds. The zero-order valence-corrected chi connectivity index (χ0v) is 13.2. The minimum absolute atomic E-state index is 0.0490. The Bertz CT molecular complexity index is 557. The van der Waals surface area contributed by atoms with Crippen LogP contribution in [0.25, 0.3) is 0 Å². The van der Waals surface area contributed by atoms with E-state index in [0.717, 1.165) is 0 Å². The summed E-state index contributed by atoms with van der Waals surface area (Å²) in [4.78, 5) is 0. The van der Waals surface area contributed by atoms with Crippen LogP contribution in [0.3, 0.4) is 0 Å². The van der Waals surface area contributed by atoms with Crippen LogP contribution in [0.2, 0.25) is 0 Å². The Morgan fingerprint density at radius 2 is 1.00 bits per heavy atom. The van der Waals surface area contributed by atoms with Crippen molar-refractivity contribution >= 4 is 29.5 Å². The van der Waals surface area contributed by atoms with Crippen molar-refractivity contribution in [3.63, 3.8) is 0 Å². The highest BCUT2D eigenvalue weighted by molar-refractivity contribution is 7.96. The Labute approximate surface area is 114 Å². The molecule has 7 nitrogen and oxygen atoms in total. The fourth-order valence-electron chi connectivity index (χ4n) is 1.14. The van der Waals surface area contributed by atoms with E-state index in [0.29, 0.717) is 0 Å². The van der Waals surface area contributed by atoms with E-state index in [2.05, 4.69) is 0 Å². The summed E-state index contributed by atoms with van der Waals surface area (Å²) in [5.74, 6) is -2.72. The summed E-state index contributed by atoms with van der Waals surface area (Å²) in [7, 11) is -10.7. The number of rotatable bonds is 10.